The molecule has 0 aliphatic rings. The smallest absolute Gasteiger partial charge is 0.186 e. The fourth-order valence-electron chi connectivity index (χ4n) is 1.56. The average Bonchev–Trinajstić information content (AvgIpc) is 2.22. The molecule has 0 aromatic heterocycles. The van der Waals surface area contributed by atoms with Crippen LogP contribution in [0.1, 0.15) is 20.3 Å². The van der Waals surface area contributed by atoms with Gasteiger partial charge in [0, 0.05) is 13.2 Å². The Morgan fingerprint density at radius 1 is 1.20 bits per heavy atom. The summed E-state index contributed by atoms with van der Waals surface area (Å²) >= 11 is 2.45. The Balaban J connectivity index is 3.63. The summed E-state index contributed by atoms with van der Waals surface area (Å²) in [5.41, 5.74) is 0. The van der Waals surface area contributed by atoms with Crippen LogP contribution in [0.4, 0.5) is 0 Å². The molecule has 0 saturated carbocycles. The largest absolute Gasteiger partial charge is 0.416 e. The molecule has 0 aromatic rings. The maximum atomic E-state index is 6.06. The van der Waals surface area contributed by atoms with Crippen LogP contribution in [0.5, 0.6) is 0 Å². The summed E-state index contributed by atoms with van der Waals surface area (Å²) in [5.74, 6) is 0. The highest BCUT2D eigenvalue weighted by molar-refractivity contribution is 14.1. The first-order chi connectivity index (χ1) is 7.05. The molecule has 0 saturated heterocycles. The first-order valence-electron chi connectivity index (χ1n) is 5.98. The highest BCUT2D eigenvalue weighted by Gasteiger charge is 2.21. The zero-order chi connectivity index (χ0) is 11.7. The van der Waals surface area contributed by atoms with Gasteiger partial charge in [-0.1, -0.05) is 36.4 Å². The molecule has 0 amide bonds. The Bertz CT molecular complexity index is 152. The van der Waals surface area contributed by atoms with Crippen molar-refractivity contribution in [2.45, 2.75) is 39.4 Å². The molecule has 4 heteroatoms. The van der Waals surface area contributed by atoms with Gasteiger partial charge in [0.05, 0.1) is 0 Å². The number of rotatable bonds is 9. The van der Waals surface area contributed by atoms with E-state index in [-0.39, 0.29) is 0 Å². The van der Waals surface area contributed by atoms with Crippen molar-refractivity contribution in [1.82, 2.24) is 4.90 Å². The maximum Gasteiger partial charge on any atom is 0.186 e. The minimum atomic E-state index is -1.35. The monoisotopic (exact) mass is 343 g/mol. The molecule has 0 N–H and O–H groups in total. The van der Waals surface area contributed by atoms with E-state index in [9.17, 15) is 0 Å². The van der Waals surface area contributed by atoms with Gasteiger partial charge in [-0.15, -0.1) is 0 Å². The van der Waals surface area contributed by atoms with Crippen molar-refractivity contribution < 1.29 is 4.43 Å². The summed E-state index contributed by atoms with van der Waals surface area (Å²) in [6, 6.07) is 1.30. The van der Waals surface area contributed by atoms with Crippen molar-refractivity contribution in [3.63, 3.8) is 0 Å². The normalized spacial score (nSPS) is 12.4. The van der Waals surface area contributed by atoms with E-state index in [1.165, 1.54) is 16.9 Å². The predicted octanol–water partition coefficient (Wildman–Crippen LogP) is 3.38. The van der Waals surface area contributed by atoms with Crippen molar-refractivity contribution in [3.05, 3.63) is 0 Å². The van der Waals surface area contributed by atoms with E-state index in [1.807, 2.05) is 0 Å². The van der Waals surface area contributed by atoms with Crippen LogP contribution < -0.4 is 0 Å². The summed E-state index contributed by atoms with van der Waals surface area (Å²) < 4.78 is 7.32. The van der Waals surface area contributed by atoms with Gasteiger partial charge in [0.1, 0.15) is 0 Å². The van der Waals surface area contributed by atoms with Gasteiger partial charge in [-0.25, -0.2) is 0 Å². The lowest BCUT2D eigenvalue weighted by Crippen LogP contribution is -2.35. The molecular weight excluding hydrogens is 317 g/mol. The number of alkyl halides is 1. The van der Waals surface area contributed by atoms with E-state index >= 15 is 0 Å². The molecule has 0 unspecified atom stereocenters. The first-order valence-corrected chi connectivity index (χ1v) is 10.6. The molecule has 0 heterocycles. The fraction of sp³-hybridized carbons (Fsp3) is 1.00. The molecule has 0 aliphatic carbocycles. The second-order valence-electron chi connectivity index (χ2n) is 4.43. The van der Waals surface area contributed by atoms with Crippen LogP contribution >= 0.6 is 22.6 Å². The Morgan fingerprint density at radius 3 is 2.27 bits per heavy atom. The summed E-state index contributed by atoms with van der Waals surface area (Å²) in [5, 5.41) is 0. The molecule has 0 atom stereocenters. The van der Waals surface area contributed by atoms with Crippen LogP contribution in [0, 0.1) is 0 Å². The van der Waals surface area contributed by atoms with Gasteiger partial charge in [-0.05, 0) is 43.1 Å². The highest BCUT2D eigenvalue weighted by atomic mass is 127. The number of likely N-dealkylation sites (N-methyl/N-ethyl adjacent to an activating group) is 1. The van der Waals surface area contributed by atoms with Gasteiger partial charge in [0.25, 0.3) is 0 Å². The number of nitrogens with zero attached hydrogens (tertiary/aromatic N) is 1. The lowest BCUT2D eigenvalue weighted by molar-refractivity contribution is 0.217. The van der Waals surface area contributed by atoms with Gasteiger partial charge >= 0.3 is 0 Å². The maximum absolute atomic E-state index is 6.06. The van der Waals surface area contributed by atoms with Crippen molar-refractivity contribution in [2.24, 2.45) is 0 Å². The second-order valence-corrected chi connectivity index (χ2v) is 9.81. The minimum Gasteiger partial charge on any atom is -0.416 e. The molecule has 92 valence electrons. The van der Waals surface area contributed by atoms with Crippen LogP contribution in [-0.4, -0.2) is 43.9 Å². The van der Waals surface area contributed by atoms with Crippen LogP contribution in [0.2, 0.25) is 19.1 Å². The highest BCUT2D eigenvalue weighted by Crippen LogP contribution is 2.14. The Labute approximate surface area is 110 Å². The lowest BCUT2D eigenvalue weighted by atomic mass is 10.5. The molecule has 0 spiro atoms. The fourth-order valence-corrected chi connectivity index (χ4v) is 4.47. The van der Waals surface area contributed by atoms with Gasteiger partial charge in [0.2, 0.25) is 0 Å². The number of hydrogen-bond acceptors (Lipinski definition) is 2. The lowest BCUT2D eigenvalue weighted by Gasteiger charge is -2.25. The third-order valence-corrected chi connectivity index (χ3v) is 6.01. The standard InChI is InChI=1S/C11H26INOSi/c1-5-13(6-2)9-10-14-15(3,4)11-7-8-12/h5-11H2,1-4H3. The Morgan fingerprint density at radius 2 is 1.80 bits per heavy atom. The van der Waals surface area contributed by atoms with Gasteiger partial charge in [0.15, 0.2) is 8.32 Å². The van der Waals surface area contributed by atoms with E-state index in [0.29, 0.717) is 0 Å². The zero-order valence-corrected chi connectivity index (χ0v) is 13.8. The molecule has 0 bridgehead atoms. The van der Waals surface area contributed by atoms with Crippen LogP contribution in [0.3, 0.4) is 0 Å². The van der Waals surface area contributed by atoms with E-state index in [0.717, 1.165) is 26.2 Å². The van der Waals surface area contributed by atoms with E-state index in [2.05, 4.69) is 54.4 Å². The summed E-state index contributed by atoms with van der Waals surface area (Å²) in [6.45, 7) is 13.4. The summed E-state index contributed by atoms with van der Waals surface area (Å²) in [4.78, 5) is 2.42. The Hall–Kier alpha value is 0.867. The first kappa shape index (κ1) is 15.9. The quantitative estimate of drug-likeness (QED) is 0.362. The van der Waals surface area contributed by atoms with Gasteiger partial charge < -0.3 is 9.33 Å². The topological polar surface area (TPSA) is 12.5 Å². The van der Waals surface area contributed by atoms with Crippen molar-refractivity contribution >= 4 is 30.9 Å². The zero-order valence-electron chi connectivity index (χ0n) is 10.7. The molecule has 0 aliphatic heterocycles. The third-order valence-electron chi connectivity index (χ3n) is 2.71. The molecule has 0 aromatic carbocycles. The molecular formula is C11H26INOSi. The van der Waals surface area contributed by atoms with Crippen LogP contribution in [0.25, 0.3) is 0 Å². The predicted molar refractivity (Wildman–Crippen MR) is 79.5 cm³/mol. The molecule has 2 nitrogen and oxygen atoms in total. The minimum absolute atomic E-state index is 0.919. The van der Waals surface area contributed by atoms with E-state index in [1.54, 1.807) is 0 Å². The van der Waals surface area contributed by atoms with Crippen molar-refractivity contribution in [1.29, 1.82) is 0 Å². The van der Waals surface area contributed by atoms with Crippen LogP contribution in [-0.2, 0) is 4.43 Å². The molecule has 0 fully saturated rings. The summed E-state index contributed by atoms with van der Waals surface area (Å²) in [7, 11) is -1.35. The molecule has 0 radical (unpaired) electrons. The average molecular weight is 343 g/mol. The molecule has 0 rings (SSSR count). The van der Waals surface area contributed by atoms with E-state index in [4.69, 9.17) is 4.43 Å². The Kier molecular flexibility index (Phi) is 9.47. The van der Waals surface area contributed by atoms with Crippen molar-refractivity contribution in [3.8, 4) is 0 Å². The SMILES string of the molecule is CCN(CC)CCO[Si](C)(C)CCCI. The number of halogens is 1. The molecule has 15 heavy (non-hydrogen) atoms. The van der Waals surface area contributed by atoms with E-state index < -0.39 is 8.32 Å². The summed E-state index contributed by atoms with van der Waals surface area (Å²) in [6.07, 6.45) is 1.31. The van der Waals surface area contributed by atoms with Gasteiger partial charge in [-0.3, -0.25) is 0 Å². The van der Waals surface area contributed by atoms with Gasteiger partial charge in [-0.2, -0.15) is 0 Å². The number of hydrogen-bond donors (Lipinski definition) is 0. The van der Waals surface area contributed by atoms with Crippen molar-refractivity contribution in [2.75, 3.05) is 30.7 Å². The second kappa shape index (κ2) is 8.96. The van der Waals surface area contributed by atoms with Crippen LogP contribution in [0.15, 0.2) is 0 Å². The third kappa shape index (κ3) is 8.65.